The summed E-state index contributed by atoms with van der Waals surface area (Å²) >= 11 is 0.891. The number of rotatable bonds is 7. The van der Waals surface area contributed by atoms with Crippen LogP contribution in [0.3, 0.4) is 0 Å². The Morgan fingerprint density at radius 2 is 2.09 bits per heavy atom. The highest BCUT2D eigenvalue weighted by Gasteiger charge is 2.26. The quantitative estimate of drug-likeness (QED) is 0.581. The lowest BCUT2D eigenvalue weighted by molar-refractivity contribution is -0.115. The molecule has 0 aromatic carbocycles. The lowest BCUT2D eigenvalue weighted by Gasteiger charge is -2.32. The normalized spacial score (nSPS) is 21.8. The minimum atomic E-state index is -0.380. The predicted octanol–water partition coefficient (Wildman–Crippen LogP) is 2.83. The van der Waals surface area contributed by atoms with Crippen LogP contribution in [0.15, 0.2) is 47.8 Å². The van der Waals surface area contributed by atoms with E-state index in [9.17, 15) is 9.59 Å². The molecule has 0 bridgehead atoms. The molecular weight excluding hydrogens is 452 g/mol. The zero-order valence-corrected chi connectivity index (χ0v) is 19.5. The number of carbonyl (C=O) groups excluding carboxylic acids is 2. The number of hydrogen-bond acceptors (Lipinski definition) is 9. The second-order valence-electron chi connectivity index (χ2n) is 8.51. The third kappa shape index (κ3) is 5.28. The van der Waals surface area contributed by atoms with Crippen molar-refractivity contribution in [3.8, 4) is 0 Å². The summed E-state index contributed by atoms with van der Waals surface area (Å²) in [4.78, 5) is 39.3. The number of hydrogen-bond donors (Lipinski definition) is 2. The summed E-state index contributed by atoms with van der Waals surface area (Å²) in [5.74, 6) is 1.09. The standard InChI is InChI=1S/C24H26N6O3S/c31-22-20(34-24(32)29-22)12-19-3-8-27-23(28-19)30-9-4-16(5-10-30)13-25-14-17-2-1-7-26-21(17)18-6-11-33-15-18/h1-3,6-8,11-12,16,18,25H,4-5,9-10,13-15H2,(H,29,31,32)/b20-12-. The number of amides is 2. The van der Waals surface area contributed by atoms with Crippen molar-refractivity contribution in [3.05, 3.63) is 64.8 Å². The number of pyridine rings is 1. The van der Waals surface area contributed by atoms with Gasteiger partial charge >= 0.3 is 0 Å². The van der Waals surface area contributed by atoms with Crippen LogP contribution >= 0.6 is 11.8 Å². The first-order valence-electron chi connectivity index (χ1n) is 11.4. The van der Waals surface area contributed by atoms with Gasteiger partial charge in [-0.2, -0.15) is 0 Å². The van der Waals surface area contributed by atoms with Crippen molar-refractivity contribution < 1.29 is 14.3 Å². The fourth-order valence-corrected chi connectivity index (χ4v) is 5.03. The first-order valence-corrected chi connectivity index (χ1v) is 12.2. The van der Waals surface area contributed by atoms with Gasteiger partial charge in [-0.1, -0.05) is 6.07 Å². The Morgan fingerprint density at radius 3 is 2.85 bits per heavy atom. The van der Waals surface area contributed by atoms with Crippen molar-refractivity contribution in [2.24, 2.45) is 5.92 Å². The number of carbonyl (C=O) groups is 2. The van der Waals surface area contributed by atoms with Gasteiger partial charge < -0.3 is 15.0 Å². The fourth-order valence-electron chi connectivity index (χ4n) is 4.37. The molecular formula is C24H26N6O3S. The van der Waals surface area contributed by atoms with Crippen LogP contribution < -0.4 is 15.5 Å². The molecule has 2 N–H and O–H groups in total. The second-order valence-corrected chi connectivity index (χ2v) is 9.53. The van der Waals surface area contributed by atoms with Crippen LogP contribution in [-0.2, 0) is 16.1 Å². The number of imide groups is 1. The molecule has 0 radical (unpaired) electrons. The van der Waals surface area contributed by atoms with Gasteiger partial charge in [0, 0.05) is 32.0 Å². The van der Waals surface area contributed by atoms with Gasteiger partial charge in [-0.25, -0.2) is 9.97 Å². The molecule has 34 heavy (non-hydrogen) atoms. The molecule has 1 atom stereocenters. The number of piperidine rings is 1. The summed E-state index contributed by atoms with van der Waals surface area (Å²) in [6.07, 6.45) is 11.1. The molecule has 5 rings (SSSR count). The first kappa shape index (κ1) is 22.5. The molecule has 0 saturated carbocycles. The monoisotopic (exact) mass is 478 g/mol. The third-order valence-electron chi connectivity index (χ3n) is 6.19. The molecule has 0 spiro atoms. The molecule has 1 unspecified atom stereocenters. The Balaban J connectivity index is 1.12. The number of nitrogens with zero attached hydrogens (tertiary/aromatic N) is 4. The Kier molecular flexibility index (Phi) is 6.87. The maximum Gasteiger partial charge on any atom is 0.290 e. The molecule has 10 heteroatoms. The molecule has 2 amide bonds. The van der Waals surface area contributed by atoms with Gasteiger partial charge in [-0.05, 0) is 66.9 Å². The first-order chi connectivity index (χ1) is 16.7. The van der Waals surface area contributed by atoms with Crippen LogP contribution in [-0.4, -0.2) is 52.3 Å². The fraction of sp³-hybridized carbons (Fsp3) is 0.375. The summed E-state index contributed by atoms with van der Waals surface area (Å²) in [5, 5.41) is 5.52. The van der Waals surface area contributed by atoms with Crippen LogP contribution in [0.5, 0.6) is 0 Å². The van der Waals surface area contributed by atoms with Gasteiger partial charge in [0.1, 0.15) is 0 Å². The van der Waals surface area contributed by atoms with E-state index in [1.165, 1.54) is 5.56 Å². The van der Waals surface area contributed by atoms with Crippen molar-refractivity contribution in [2.75, 3.05) is 31.1 Å². The van der Waals surface area contributed by atoms with Gasteiger partial charge in [0.2, 0.25) is 5.95 Å². The SMILES string of the molecule is O=C1NC(=O)/C(=C/c2ccnc(N3CCC(CNCc4cccnc4C4C=COC4)CC3)n2)S1. The molecule has 2 aromatic heterocycles. The highest BCUT2D eigenvalue weighted by molar-refractivity contribution is 8.18. The summed E-state index contributed by atoms with van der Waals surface area (Å²) in [6.45, 7) is 4.16. The Labute approximate surface area is 202 Å². The lowest BCUT2D eigenvalue weighted by atomic mass is 9.96. The molecule has 2 aromatic rings. The molecule has 2 fully saturated rings. The van der Waals surface area contributed by atoms with E-state index in [4.69, 9.17) is 4.74 Å². The highest BCUT2D eigenvalue weighted by atomic mass is 32.2. The molecule has 3 aliphatic rings. The number of thioether (sulfide) groups is 1. The van der Waals surface area contributed by atoms with E-state index < -0.39 is 0 Å². The Bertz CT molecular complexity index is 1130. The maximum absolute atomic E-state index is 11.8. The van der Waals surface area contributed by atoms with Crippen molar-refractivity contribution in [3.63, 3.8) is 0 Å². The van der Waals surface area contributed by atoms with E-state index in [2.05, 4.69) is 42.6 Å². The van der Waals surface area contributed by atoms with E-state index in [1.54, 1.807) is 24.6 Å². The summed E-state index contributed by atoms with van der Waals surface area (Å²) in [6, 6.07) is 5.86. The van der Waals surface area contributed by atoms with Crippen molar-refractivity contribution in [1.29, 1.82) is 0 Å². The van der Waals surface area contributed by atoms with Gasteiger partial charge in [-0.15, -0.1) is 0 Å². The van der Waals surface area contributed by atoms with E-state index in [-0.39, 0.29) is 17.1 Å². The molecule has 176 valence electrons. The zero-order valence-electron chi connectivity index (χ0n) is 18.6. The summed E-state index contributed by atoms with van der Waals surface area (Å²) in [7, 11) is 0. The van der Waals surface area contributed by atoms with Crippen molar-refractivity contribution in [2.45, 2.75) is 25.3 Å². The van der Waals surface area contributed by atoms with Crippen LogP contribution in [0, 0.1) is 5.92 Å². The largest absolute Gasteiger partial charge is 0.500 e. The van der Waals surface area contributed by atoms with E-state index in [0.717, 1.165) is 56.5 Å². The minimum absolute atomic E-state index is 0.231. The molecule has 0 aliphatic carbocycles. The van der Waals surface area contributed by atoms with E-state index >= 15 is 0 Å². The molecule has 3 aliphatic heterocycles. The van der Waals surface area contributed by atoms with Gasteiger partial charge in [0.15, 0.2) is 0 Å². The second kappa shape index (κ2) is 10.4. The van der Waals surface area contributed by atoms with Crippen molar-refractivity contribution >= 4 is 34.9 Å². The maximum atomic E-state index is 11.8. The highest BCUT2D eigenvalue weighted by Crippen LogP contribution is 2.26. The molecule has 5 heterocycles. The van der Waals surface area contributed by atoms with Gasteiger partial charge in [-0.3, -0.25) is 19.9 Å². The van der Waals surface area contributed by atoms with Crippen LogP contribution in [0.1, 0.15) is 35.7 Å². The number of nitrogens with one attached hydrogen (secondary N) is 2. The summed E-state index contributed by atoms with van der Waals surface area (Å²) in [5.41, 5.74) is 2.93. The van der Waals surface area contributed by atoms with Crippen LogP contribution in [0.25, 0.3) is 6.08 Å². The lowest BCUT2D eigenvalue weighted by Crippen LogP contribution is -2.38. The number of aromatic nitrogens is 3. The van der Waals surface area contributed by atoms with Crippen LogP contribution in [0.2, 0.25) is 0 Å². The molecule has 2 saturated heterocycles. The Hall–Kier alpha value is -3.24. The zero-order chi connectivity index (χ0) is 23.3. The van der Waals surface area contributed by atoms with Crippen molar-refractivity contribution in [1.82, 2.24) is 25.6 Å². The topological polar surface area (TPSA) is 109 Å². The average Bonchev–Trinajstić information content (AvgIpc) is 3.50. The van der Waals surface area contributed by atoms with Crippen LogP contribution in [0.4, 0.5) is 10.7 Å². The summed E-state index contributed by atoms with van der Waals surface area (Å²) < 4.78 is 5.37. The predicted molar refractivity (Wildman–Crippen MR) is 130 cm³/mol. The molecule has 9 nitrogen and oxygen atoms in total. The van der Waals surface area contributed by atoms with E-state index in [0.29, 0.717) is 29.1 Å². The van der Waals surface area contributed by atoms with Gasteiger partial charge in [0.25, 0.3) is 11.1 Å². The number of ether oxygens (including phenoxy) is 1. The van der Waals surface area contributed by atoms with Gasteiger partial charge in [0.05, 0.1) is 35.1 Å². The number of anilines is 1. The van der Waals surface area contributed by atoms with E-state index in [1.807, 2.05) is 12.3 Å². The minimum Gasteiger partial charge on any atom is -0.500 e. The third-order valence-corrected chi connectivity index (χ3v) is 7.00. The Morgan fingerprint density at radius 1 is 1.21 bits per heavy atom. The average molecular weight is 479 g/mol. The smallest absolute Gasteiger partial charge is 0.290 e.